The summed E-state index contributed by atoms with van der Waals surface area (Å²) in [6.45, 7) is 6.78. The number of aliphatic hydroxyl groups excluding tert-OH is 1. The van der Waals surface area contributed by atoms with Crippen LogP contribution in [0.5, 0.6) is 0 Å². The van der Waals surface area contributed by atoms with Crippen LogP contribution in [-0.2, 0) is 4.79 Å². The Bertz CT molecular complexity index is 451. The summed E-state index contributed by atoms with van der Waals surface area (Å²) in [5.74, 6) is -0.104. The molecule has 1 rings (SSSR count). The maximum atomic E-state index is 12.0. The van der Waals surface area contributed by atoms with Gasteiger partial charge in [-0.25, -0.2) is 0 Å². The van der Waals surface area contributed by atoms with E-state index in [1.165, 1.54) is 0 Å². The van der Waals surface area contributed by atoms with Crippen molar-refractivity contribution in [1.29, 1.82) is 0 Å². The molecule has 0 saturated heterocycles. The van der Waals surface area contributed by atoms with Crippen LogP contribution < -0.4 is 5.32 Å². The smallest absolute Gasteiger partial charge is 0.234 e. The Labute approximate surface area is 125 Å². The number of carbonyl (C=O) groups excluding carboxylic acids is 1. The van der Waals surface area contributed by atoms with Gasteiger partial charge in [-0.3, -0.25) is 9.69 Å². The number of aliphatic hydroxyl groups is 1. The van der Waals surface area contributed by atoms with E-state index in [0.29, 0.717) is 18.1 Å². The van der Waals surface area contributed by atoms with Gasteiger partial charge in [-0.2, -0.15) is 0 Å². The lowest BCUT2D eigenvalue weighted by Gasteiger charge is -2.21. The first-order chi connectivity index (χ1) is 9.58. The molecule has 1 amide bonds. The lowest BCUT2D eigenvalue weighted by molar-refractivity contribution is -0.122. The van der Waals surface area contributed by atoms with Gasteiger partial charge < -0.3 is 10.4 Å². The Balaban J connectivity index is 2.57. The second-order valence-corrected chi connectivity index (χ2v) is 4.97. The minimum absolute atomic E-state index is 0.0151. The van der Waals surface area contributed by atoms with E-state index in [4.69, 9.17) is 16.7 Å². The summed E-state index contributed by atoms with van der Waals surface area (Å²) >= 11 is 6.10. The fraction of sp³-hybridized carbons (Fsp3) is 0.400. The van der Waals surface area contributed by atoms with E-state index >= 15 is 0 Å². The SMILES string of the molecule is C=CCN(CCO)CC(=O)NC(C)c1ccccc1Cl. The minimum atomic E-state index is -0.157. The highest BCUT2D eigenvalue weighted by atomic mass is 35.5. The van der Waals surface area contributed by atoms with Crippen molar-refractivity contribution in [2.24, 2.45) is 0 Å². The van der Waals surface area contributed by atoms with E-state index in [9.17, 15) is 4.79 Å². The van der Waals surface area contributed by atoms with Gasteiger partial charge in [0, 0.05) is 18.1 Å². The van der Waals surface area contributed by atoms with Crippen molar-refractivity contribution < 1.29 is 9.90 Å². The van der Waals surface area contributed by atoms with Crippen LogP contribution in [0.3, 0.4) is 0 Å². The standard InChI is InChI=1S/C15H21ClN2O2/c1-3-8-18(9-10-19)11-15(20)17-12(2)13-6-4-5-7-14(13)16/h3-7,12,19H,1,8-11H2,2H3,(H,17,20). The van der Waals surface area contributed by atoms with Crippen LogP contribution in [0.25, 0.3) is 0 Å². The molecule has 0 aliphatic carbocycles. The van der Waals surface area contributed by atoms with Gasteiger partial charge in [-0.05, 0) is 18.6 Å². The summed E-state index contributed by atoms with van der Waals surface area (Å²) in [4.78, 5) is 13.8. The zero-order chi connectivity index (χ0) is 15.0. The van der Waals surface area contributed by atoms with Crippen LogP contribution in [0.15, 0.2) is 36.9 Å². The molecule has 0 spiro atoms. The summed E-state index contributed by atoms with van der Waals surface area (Å²) in [7, 11) is 0. The molecule has 0 fully saturated rings. The van der Waals surface area contributed by atoms with E-state index in [0.717, 1.165) is 5.56 Å². The van der Waals surface area contributed by atoms with Gasteiger partial charge in [0.2, 0.25) is 5.91 Å². The second kappa shape index (κ2) is 8.74. The molecular weight excluding hydrogens is 276 g/mol. The maximum Gasteiger partial charge on any atom is 0.234 e. The number of hydrogen-bond donors (Lipinski definition) is 2. The molecule has 0 radical (unpaired) electrons. The molecule has 0 aliphatic rings. The molecule has 0 aliphatic heterocycles. The molecule has 110 valence electrons. The number of nitrogens with zero attached hydrogens (tertiary/aromatic N) is 1. The van der Waals surface area contributed by atoms with Crippen LogP contribution in [0.1, 0.15) is 18.5 Å². The average Bonchev–Trinajstić information content (AvgIpc) is 2.39. The van der Waals surface area contributed by atoms with E-state index in [1.54, 1.807) is 12.1 Å². The van der Waals surface area contributed by atoms with Crippen LogP contribution in [0.4, 0.5) is 0 Å². The minimum Gasteiger partial charge on any atom is -0.395 e. The average molecular weight is 297 g/mol. The highest BCUT2D eigenvalue weighted by Crippen LogP contribution is 2.21. The number of carbonyl (C=O) groups is 1. The topological polar surface area (TPSA) is 52.6 Å². The largest absolute Gasteiger partial charge is 0.395 e. The highest BCUT2D eigenvalue weighted by molar-refractivity contribution is 6.31. The van der Waals surface area contributed by atoms with Crippen LogP contribution in [0.2, 0.25) is 5.02 Å². The first kappa shape index (κ1) is 16.7. The summed E-state index contributed by atoms with van der Waals surface area (Å²) in [5.41, 5.74) is 0.889. The molecule has 1 unspecified atom stereocenters. The van der Waals surface area contributed by atoms with E-state index < -0.39 is 0 Å². The lowest BCUT2D eigenvalue weighted by atomic mass is 10.1. The van der Waals surface area contributed by atoms with Crippen molar-refractivity contribution in [3.05, 3.63) is 47.5 Å². The number of rotatable bonds is 8. The molecule has 0 bridgehead atoms. The first-order valence-corrected chi connectivity index (χ1v) is 6.94. The third-order valence-corrected chi connectivity index (χ3v) is 3.26. The molecule has 0 heterocycles. The molecule has 1 aromatic carbocycles. The van der Waals surface area contributed by atoms with E-state index in [1.807, 2.05) is 30.0 Å². The van der Waals surface area contributed by atoms with Gasteiger partial charge in [-0.15, -0.1) is 6.58 Å². The summed E-state index contributed by atoms with van der Waals surface area (Å²) in [6.07, 6.45) is 1.71. The number of hydrogen-bond acceptors (Lipinski definition) is 3. The van der Waals surface area contributed by atoms with Gasteiger partial charge in [0.05, 0.1) is 19.2 Å². The lowest BCUT2D eigenvalue weighted by Crippen LogP contribution is -2.39. The number of amides is 1. The normalized spacial score (nSPS) is 12.2. The van der Waals surface area contributed by atoms with Crippen molar-refractivity contribution in [2.75, 3.05) is 26.2 Å². The number of nitrogens with one attached hydrogen (secondary N) is 1. The van der Waals surface area contributed by atoms with Gasteiger partial charge in [-0.1, -0.05) is 35.9 Å². The molecule has 20 heavy (non-hydrogen) atoms. The molecule has 0 saturated carbocycles. The zero-order valence-electron chi connectivity index (χ0n) is 11.7. The van der Waals surface area contributed by atoms with Crippen LogP contribution >= 0.6 is 11.6 Å². The fourth-order valence-electron chi connectivity index (χ4n) is 1.95. The van der Waals surface area contributed by atoms with Crippen molar-refractivity contribution in [3.8, 4) is 0 Å². The number of benzene rings is 1. The Kier molecular flexibility index (Phi) is 7.30. The zero-order valence-corrected chi connectivity index (χ0v) is 12.4. The van der Waals surface area contributed by atoms with Gasteiger partial charge in [0.15, 0.2) is 0 Å². The fourth-order valence-corrected chi connectivity index (χ4v) is 2.25. The molecule has 1 aromatic rings. The predicted octanol–water partition coefficient (Wildman–Crippen LogP) is 2.00. The maximum absolute atomic E-state index is 12.0. The van der Waals surface area contributed by atoms with Crippen LogP contribution in [0, 0.1) is 0 Å². The predicted molar refractivity (Wildman–Crippen MR) is 81.7 cm³/mol. The second-order valence-electron chi connectivity index (χ2n) is 4.56. The first-order valence-electron chi connectivity index (χ1n) is 6.56. The van der Waals surface area contributed by atoms with E-state index in [2.05, 4.69) is 11.9 Å². The highest BCUT2D eigenvalue weighted by Gasteiger charge is 2.14. The molecular formula is C15H21ClN2O2. The van der Waals surface area contributed by atoms with Crippen molar-refractivity contribution in [1.82, 2.24) is 10.2 Å². The van der Waals surface area contributed by atoms with Crippen molar-refractivity contribution in [3.63, 3.8) is 0 Å². The molecule has 4 nitrogen and oxygen atoms in total. The van der Waals surface area contributed by atoms with Crippen molar-refractivity contribution >= 4 is 17.5 Å². The van der Waals surface area contributed by atoms with E-state index in [-0.39, 0.29) is 25.1 Å². The third kappa shape index (κ3) is 5.33. The monoisotopic (exact) mass is 296 g/mol. The van der Waals surface area contributed by atoms with Gasteiger partial charge in [0.25, 0.3) is 0 Å². The Morgan fingerprint density at radius 2 is 2.25 bits per heavy atom. The van der Waals surface area contributed by atoms with Gasteiger partial charge in [0.1, 0.15) is 0 Å². The Morgan fingerprint density at radius 1 is 1.55 bits per heavy atom. The summed E-state index contributed by atoms with van der Waals surface area (Å²) in [5, 5.41) is 12.5. The Hall–Kier alpha value is -1.36. The summed E-state index contributed by atoms with van der Waals surface area (Å²) < 4.78 is 0. The van der Waals surface area contributed by atoms with Gasteiger partial charge >= 0.3 is 0 Å². The summed E-state index contributed by atoms with van der Waals surface area (Å²) in [6, 6.07) is 7.28. The Morgan fingerprint density at radius 3 is 2.85 bits per heavy atom. The molecule has 2 N–H and O–H groups in total. The molecule has 5 heteroatoms. The van der Waals surface area contributed by atoms with Crippen LogP contribution in [-0.4, -0.2) is 42.2 Å². The number of halogens is 1. The van der Waals surface area contributed by atoms with Crippen molar-refractivity contribution in [2.45, 2.75) is 13.0 Å². The third-order valence-electron chi connectivity index (χ3n) is 2.92. The quantitative estimate of drug-likeness (QED) is 0.722. The molecule has 1 atom stereocenters. The molecule has 0 aromatic heterocycles.